The van der Waals surface area contributed by atoms with Crippen LogP contribution in [0.4, 0.5) is 0 Å². The highest BCUT2D eigenvalue weighted by Crippen LogP contribution is 1.97. The zero-order chi connectivity index (χ0) is 12.9. The fourth-order valence-corrected chi connectivity index (χ4v) is 2.01. The topological polar surface area (TPSA) is 75.2 Å². The van der Waals surface area contributed by atoms with Crippen LogP contribution in [-0.4, -0.2) is 23.6 Å². The molecule has 7 heteroatoms. The Morgan fingerprint density at radius 2 is 2.24 bits per heavy atom. The molecule has 0 aliphatic carbocycles. The van der Waals surface area contributed by atoms with Crippen LogP contribution in [0.15, 0.2) is 18.7 Å². The van der Waals surface area contributed by atoms with Gasteiger partial charge in [-0.3, -0.25) is 4.18 Å². The largest absolute Gasteiger partial charge is 0.726 e. The molecule has 0 fully saturated rings. The van der Waals surface area contributed by atoms with Gasteiger partial charge in [0.2, 0.25) is 16.7 Å². The summed E-state index contributed by atoms with van der Waals surface area (Å²) in [5.41, 5.74) is 0. The van der Waals surface area contributed by atoms with Gasteiger partial charge in [-0.1, -0.05) is 13.3 Å². The first-order chi connectivity index (χ1) is 7.90. The summed E-state index contributed by atoms with van der Waals surface area (Å²) < 4.78 is 39.3. The molecular weight excluding hydrogens is 244 g/mol. The van der Waals surface area contributed by atoms with E-state index in [1.165, 1.54) is 0 Å². The van der Waals surface area contributed by atoms with Gasteiger partial charge in [0.15, 0.2) is 0 Å². The Kier molecular flexibility index (Phi) is 5.10. The summed E-state index contributed by atoms with van der Waals surface area (Å²) in [6.07, 6.45) is 7.15. The molecule has 0 amide bonds. The summed E-state index contributed by atoms with van der Waals surface area (Å²) in [4.78, 5) is 0. The van der Waals surface area contributed by atoms with Crippen molar-refractivity contribution in [1.29, 1.82) is 0 Å². The molecule has 1 aromatic heterocycles. The fraction of sp³-hybridized carbons (Fsp3) is 0.700. The second kappa shape index (κ2) is 6.13. The van der Waals surface area contributed by atoms with Gasteiger partial charge in [-0.2, -0.15) is 0 Å². The lowest BCUT2D eigenvalue weighted by Gasteiger charge is -2.12. The Balaban J connectivity index is 2.48. The third kappa shape index (κ3) is 5.81. The number of nitrogens with zero attached hydrogens (tertiary/aromatic N) is 2. The van der Waals surface area contributed by atoms with E-state index in [2.05, 4.69) is 11.1 Å². The fourth-order valence-electron chi connectivity index (χ4n) is 1.55. The maximum Gasteiger partial charge on any atom is 0.243 e. The van der Waals surface area contributed by atoms with Gasteiger partial charge in [0.25, 0.3) is 0 Å². The van der Waals surface area contributed by atoms with Crippen LogP contribution < -0.4 is 4.57 Å². The van der Waals surface area contributed by atoms with Crippen molar-refractivity contribution in [1.82, 2.24) is 4.57 Å². The summed E-state index contributed by atoms with van der Waals surface area (Å²) >= 11 is 0. The number of imidazole rings is 1. The minimum Gasteiger partial charge on any atom is -0.726 e. The molecule has 98 valence electrons. The summed E-state index contributed by atoms with van der Waals surface area (Å²) in [6.45, 7) is 4.93. The molecular formula is C10H18N2O4S. The van der Waals surface area contributed by atoms with Crippen LogP contribution in [0.5, 0.6) is 0 Å². The Morgan fingerprint density at radius 3 is 2.82 bits per heavy atom. The number of aromatic nitrogens is 2. The van der Waals surface area contributed by atoms with Gasteiger partial charge in [0, 0.05) is 0 Å². The third-order valence-corrected chi connectivity index (χ3v) is 2.83. The van der Waals surface area contributed by atoms with Crippen LogP contribution >= 0.6 is 0 Å². The molecule has 0 spiro atoms. The maximum atomic E-state index is 10.4. The van der Waals surface area contributed by atoms with E-state index in [9.17, 15) is 13.0 Å². The van der Waals surface area contributed by atoms with Crippen molar-refractivity contribution in [2.24, 2.45) is 0 Å². The highest BCUT2D eigenvalue weighted by Gasteiger charge is 2.11. The van der Waals surface area contributed by atoms with E-state index in [4.69, 9.17) is 0 Å². The maximum absolute atomic E-state index is 10.4. The van der Waals surface area contributed by atoms with Crippen molar-refractivity contribution < 1.29 is 21.7 Å². The molecule has 1 aromatic rings. The summed E-state index contributed by atoms with van der Waals surface area (Å²) in [6, 6.07) is 0. The number of unbranched alkanes of at least 4 members (excludes halogenated alkanes) is 1. The van der Waals surface area contributed by atoms with E-state index >= 15 is 0 Å². The van der Waals surface area contributed by atoms with Crippen molar-refractivity contribution in [2.45, 2.75) is 45.9 Å². The molecule has 0 saturated heterocycles. The monoisotopic (exact) mass is 262 g/mol. The number of rotatable bonds is 7. The van der Waals surface area contributed by atoms with E-state index in [0.717, 1.165) is 19.4 Å². The lowest BCUT2D eigenvalue weighted by molar-refractivity contribution is -0.701. The Hall–Kier alpha value is -0.920. The van der Waals surface area contributed by atoms with Crippen LogP contribution in [0, 0.1) is 0 Å². The van der Waals surface area contributed by atoms with Gasteiger partial charge in [0.05, 0.1) is 6.54 Å². The minimum atomic E-state index is -4.62. The van der Waals surface area contributed by atoms with E-state index in [-0.39, 0.29) is 0 Å². The molecule has 0 radical (unpaired) electrons. The van der Waals surface area contributed by atoms with Crippen molar-refractivity contribution >= 4 is 10.4 Å². The predicted octanol–water partition coefficient (Wildman–Crippen LogP) is 0.441. The van der Waals surface area contributed by atoms with Gasteiger partial charge >= 0.3 is 0 Å². The van der Waals surface area contributed by atoms with Gasteiger partial charge in [-0.25, -0.2) is 17.6 Å². The summed E-state index contributed by atoms with van der Waals surface area (Å²) in [5.74, 6) is 0. The van der Waals surface area contributed by atoms with Crippen LogP contribution in [0.1, 0.15) is 26.7 Å². The Bertz CT molecular complexity index is 441. The number of hydrogen-bond donors (Lipinski definition) is 0. The normalized spacial score (nSPS) is 13.8. The average molecular weight is 262 g/mol. The van der Waals surface area contributed by atoms with Crippen LogP contribution in [-0.2, 0) is 27.7 Å². The molecule has 0 unspecified atom stereocenters. The molecule has 1 rings (SSSR count). The van der Waals surface area contributed by atoms with Crippen molar-refractivity contribution in [3.8, 4) is 0 Å². The van der Waals surface area contributed by atoms with Crippen LogP contribution in [0.25, 0.3) is 0 Å². The average Bonchev–Trinajstić information content (AvgIpc) is 2.59. The van der Waals surface area contributed by atoms with Gasteiger partial charge in [-0.05, 0) is 13.3 Å². The van der Waals surface area contributed by atoms with E-state index in [1.54, 1.807) is 11.5 Å². The SMILES string of the molecule is CCCCn1cc[n+](C[C@H](C)OS(=O)(=O)[O-])c1. The van der Waals surface area contributed by atoms with E-state index in [1.807, 2.05) is 23.3 Å². The van der Waals surface area contributed by atoms with Crippen molar-refractivity contribution in [3.05, 3.63) is 18.7 Å². The predicted molar refractivity (Wildman–Crippen MR) is 59.8 cm³/mol. The van der Waals surface area contributed by atoms with Crippen molar-refractivity contribution in [2.75, 3.05) is 0 Å². The lowest BCUT2D eigenvalue weighted by atomic mass is 10.3. The van der Waals surface area contributed by atoms with Crippen molar-refractivity contribution in [3.63, 3.8) is 0 Å². The zero-order valence-electron chi connectivity index (χ0n) is 10.1. The first-order valence-electron chi connectivity index (χ1n) is 5.59. The Labute approximate surface area is 102 Å². The third-order valence-electron chi connectivity index (χ3n) is 2.27. The molecule has 0 aliphatic heterocycles. The number of aryl methyl sites for hydroxylation is 1. The first kappa shape index (κ1) is 14.1. The second-order valence-corrected chi connectivity index (χ2v) is 5.03. The van der Waals surface area contributed by atoms with E-state index < -0.39 is 16.5 Å². The molecule has 0 aromatic carbocycles. The van der Waals surface area contributed by atoms with Gasteiger partial charge in [-0.15, -0.1) is 0 Å². The molecule has 0 bridgehead atoms. The molecule has 17 heavy (non-hydrogen) atoms. The zero-order valence-corrected chi connectivity index (χ0v) is 10.9. The number of hydrogen-bond acceptors (Lipinski definition) is 4. The molecule has 1 heterocycles. The molecule has 0 saturated carbocycles. The highest BCUT2D eigenvalue weighted by atomic mass is 32.3. The molecule has 0 N–H and O–H groups in total. The standard InChI is InChI=1S/C10H18N2O4S/c1-3-4-5-11-6-7-12(9-11)8-10(2)16-17(13,14)15/h6-7,9-10H,3-5,8H2,1-2H3/t10-/m0/s1. The summed E-state index contributed by atoms with van der Waals surface area (Å²) in [5, 5.41) is 0. The lowest BCUT2D eigenvalue weighted by Crippen LogP contribution is -2.38. The molecule has 6 nitrogen and oxygen atoms in total. The van der Waals surface area contributed by atoms with Gasteiger partial charge in [0.1, 0.15) is 25.0 Å². The molecule has 1 atom stereocenters. The van der Waals surface area contributed by atoms with E-state index in [0.29, 0.717) is 6.54 Å². The Morgan fingerprint density at radius 1 is 1.53 bits per heavy atom. The second-order valence-electron chi connectivity index (χ2n) is 4.02. The smallest absolute Gasteiger partial charge is 0.243 e. The minimum absolute atomic E-state index is 0.334. The van der Waals surface area contributed by atoms with Crippen LogP contribution in [0.2, 0.25) is 0 Å². The highest BCUT2D eigenvalue weighted by molar-refractivity contribution is 7.80. The first-order valence-corrected chi connectivity index (χ1v) is 6.93. The van der Waals surface area contributed by atoms with Gasteiger partial charge < -0.3 is 4.55 Å². The quantitative estimate of drug-likeness (QED) is 0.406. The molecule has 0 aliphatic rings. The summed E-state index contributed by atoms with van der Waals surface area (Å²) in [7, 11) is -4.62. The van der Waals surface area contributed by atoms with Crippen LogP contribution in [0.3, 0.4) is 0 Å².